The summed E-state index contributed by atoms with van der Waals surface area (Å²) in [6.45, 7) is 0. The van der Waals surface area contributed by atoms with Gasteiger partial charge in [0.05, 0.1) is 4.90 Å². The van der Waals surface area contributed by atoms with Gasteiger partial charge in [-0.3, -0.25) is 4.79 Å². The van der Waals surface area contributed by atoms with Crippen LogP contribution in [0.2, 0.25) is 0 Å². The first-order valence-corrected chi connectivity index (χ1v) is 6.95. The fourth-order valence-electron chi connectivity index (χ4n) is 1.47. The van der Waals surface area contributed by atoms with E-state index in [0.717, 1.165) is 0 Å². The molecule has 1 amide bonds. The lowest BCUT2D eigenvalue weighted by Crippen LogP contribution is -2.30. The van der Waals surface area contributed by atoms with Gasteiger partial charge in [-0.1, -0.05) is 18.2 Å². The van der Waals surface area contributed by atoms with Crippen LogP contribution < -0.4 is 10.5 Å². The monoisotopic (exact) mass is 276 g/mol. The number of anilines is 1. The third kappa shape index (κ3) is 3.11. The molecule has 0 spiro atoms. The SMILES string of the molecule is Nc1ccc(C(=O)NS(=O)(=O)c2ccccc2)cc1. The van der Waals surface area contributed by atoms with E-state index in [1.807, 2.05) is 4.72 Å². The average molecular weight is 276 g/mol. The second kappa shape index (κ2) is 5.11. The number of hydrogen-bond donors (Lipinski definition) is 2. The lowest BCUT2D eigenvalue weighted by molar-refractivity contribution is 0.0981. The van der Waals surface area contributed by atoms with Gasteiger partial charge in [-0.2, -0.15) is 0 Å². The van der Waals surface area contributed by atoms with Crippen LogP contribution in [0.3, 0.4) is 0 Å². The first kappa shape index (κ1) is 13.1. The number of carbonyl (C=O) groups is 1. The van der Waals surface area contributed by atoms with Crippen molar-refractivity contribution >= 4 is 21.6 Å². The number of benzene rings is 2. The zero-order valence-electron chi connectivity index (χ0n) is 9.91. The zero-order valence-corrected chi connectivity index (χ0v) is 10.7. The standard InChI is InChI=1S/C13H12N2O3S/c14-11-8-6-10(7-9-11)13(16)15-19(17,18)12-4-2-1-3-5-12/h1-9H,14H2,(H,15,16). The summed E-state index contributed by atoms with van der Waals surface area (Å²) in [5, 5.41) is 0. The molecule has 98 valence electrons. The Bertz CT molecular complexity index is 680. The van der Waals surface area contributed by atoms with E-state index in [1.165, 1.54) is 36.4 Å². The molecular formula is C13H12N2O3S. The molecule has 2 aromatic rings. The summed E-state index contributed by atoms with van der Waals surface area (Å²) in [5.41, 5.74) is 6.23. The normalized spacial score (nSPS) is 10.9. The third-order valence-corrected chi connectivity index (χ3v) is 3.80. The Morgan fingerprint density at radius 3 is 2.11 bits per heavy atom. The van der Waals surface area contributed by atoms with Crippen molar-refractivity contribution in [3.63, 3.8) is 0 Å². The van der Waals surface area contributed by atoms with Gasteiger partial charge in [0.15, 0.2) is 0 Å². The van der Waals surface area contributed by atoms with Crippen molar-refractivity contribution in [1.29, 1.82) is 0 Å². The van der Waals surface area contributed by atoms with Gasteiger partial charge in [-0.25, -0.2) is 13.1 Å². The average Bonchev–Trinajstić information content (AvgIpc) is 2.40. The number of rotatable bonds is 3. The Morgan fingerprint density at radius 1 is 0.947 bits per heavy atom. The minimum atomic E-state index is -3.85. The highest BCUT2D eigenvalue weighted by Gasteiger charge is 2.17. The fourth-order valence-corrected chi connectivity index (χ4v) is 2.47. The summed E-state index contributed by atoms with van der Waals surface area (Å²) < 4.78 is 25.9. The topological polar surface area (TPSA) is 89.3 Å². The van der Waals surface area contributed by atoms with Crippen LogP contribution in [-0.4, -0.2) is 14.3 Å². The van der Waals surface area contributed by atoms with Crippen molar-refractivity contribution in [1.82, 2.24) is 4.72 Å². The Morgan fingerprint density at radius 2 is 1.53 bits per heavy atom. The van der Waals surface area contributed by atoms with Gasteiger partial charge in [-0.15, -0.1) is 0 Å². The van der Waals surface area contributed by atoms with Gasteiger partial charge in [0.2, 0.25) is 0 Å². The third-order valence-electron chi connectivity index (χ3n) is 2.45. The van der Waals surface area contributed by atoms with Gasteiger partial charge in [0, 0.05) is 11.3 Å². The summed E-state index contributed by atoms with van der Waals surface area (Å²) >= 11 is 0. The van der Waals surface area contributed by atoms with E-state index in [9.17, 15) is 13.2 Å². The highest BCUT2D eigenvalue weighted by Crippen LogP contribution is 2.10. The molecule has 0 fully saturated rings. The molecule has 0 saturated heterocycles. The van der Waals surface area contributed by atoms with Crippen LogP contribution in [0.4, 0.5) is 5.69 Å². The molecule has 0 radical (unpaired) electrons. The number of nitrogens with two attached hydrogens (primary N) is 1. The molecule has 2 rings (SSSR count). The lowest BCUT2D eigenvalue weighted by atomic mass is 10.2. The lowest BCUT2D eigenvalue weighted by Gasteiger charge is -2.06. The Labute approximate surface area is 111 Å². The number of hydrogen-bond acceptors (Lipinski definition) is 4. The van der Waals surface area contributed by atoms with Crippen molar-refractivity contribution in [2.75, 3.05) is 5.73 Å². The van der Waals surface area contributed by atoms with Crippen LogP contribution >= 0.6 is 0 Å². The van der Waals surface area contributed by atoms with Crippen LogP contribution in [-0.2, 0) is 10.0 Å². The van der Waals surface area contributed by atoms with Gasteiger partial charge in [0.25, 0.3) is 15.9 Å². The molecular weight excluding hydrogens is 264 g/mol. The van der Waals surface area contributed by atoms with E-state index in [1.54, 1.807) is 18.2 Å². The van der Waals surface area contributed by atoms with Gasteiger partial charge in [-0.05, 0) is 36.4 Å². The first-order valence-electron chi connectivity index (χ1n) is 5.47. The number of nitrogen functional groups attached to an aromatic ring is 1. The smallest absolute Gasteiger partial charge is 0.264 e. The summed E-state index contributed by atoms with van der Waals surface area (Å²) in [6, 6.07) is 13.7. The molecule has 0 aromatic heterocycles. The van der Waals surface area contributed by atoms with E-state index >= 15 is 0 Å². The summed E-state index contributed by atoms with van der Waals surface area (Å²) in [7, 11) is -3.85. The molecule has 2 aromatic carbocycles. The molecule has 0 aliphatic heterocycles. The maximum atomic E-state index is 11.9. The van der Waals surface area contributed by atoms with Crippen molar-refractivity contribution < 1.29 is 13.2 Å². The van der Waals surface area contributed by atoms with Crippen LogP contribution in [0.1, 0.15) is 10.4 Å². The minimum Gasteiger partial charge on any atom is -0.399 e. The molecule has 3 N–H and O–H groups in total. The number of nitrogens with one attached hydrogen (secondary N) is 1. The highest BCUT2D eigenvalue weighted by atomic mass is 32.2. The molecule has 0 aliphatic carbocycles. The number of amides is 1. The highest BCUT2D eigenvalue weighted by molar-refractivity contribution is 7.90. The second-order valence-corrected chi connectivity index (χ2v) is 5.55. The zero-order chi connectivity index (χ0) is 13.9. The largest absolute Gasteiger partial charge is 0.399 e. The molecule has 0 bridgehead atoms. The Kier molecular flexibility index (Phi) is 3.52. The molecule has 0 unspecified atom stereocenters. The predicted molar refractivity (Wildman–Crippen MR) is 71.9 cm³/mol. The van der Waals surface area contributed by atoms with Gasteiger partial charge >= 0.3 is 0 Å². The summed E-state index contributed by atoms with van der Waals surface area (Å²) in [6.07, 6.45) is 0. The molecule has 19 heavy (non-hydrogen) atoms. The van der Waals surface area contributed by atoms with Gasteiger partial charge < -0.3 is 5.73 Å². The molecule has 0 atom stereocenters. The van der Waals surface area contributed by atoms with Crippen LogP contribution in [0.5, 0.6) is 0 Å². The quantitative estimate of drug-likeness (QED) is 0.829. The van der Waals surface area contributed by atoms with E-state index in [4.69, 9.17) is 5.73 Å². The summed E-state index contributed by atoms with van der Waals surface area (Å²) in [5.74, 6) is -0.691. The molecule has 5 nitrogen and oxygen atoms in total. The number of sulfonamides is 1. The van der Waals surface area contributed by atoms with Crippen molar-refractivity contribution in [2.45, 2.75) is 4.90 Å². The van der Waals surface area contributed by atoms with Crippen molar-refractivity contribution in [3.8, 4) is 0 Å². The van der Waals surface area contributed by atoms with E-state index in [-0.39, 0.29) is 10.5 Å². The molecule has 0 aliphatic rings. The Hall–Kier alpha value is -2.34. The number of carbonyl (C=O) groups excluding carboxylic acids is 1. The fraction of sp³-hybridized carbons (Fsp3) is 0. The van der Waals surface area contributed by atoms with Gasteiger partial charge in [0.1, 0.15) is 0 Å². The van der Waals surface area contributed by atoms with Crippen molar-refractivity contribution in [3.05, 3.63) is 60.2 Å². The van der Waals surface area contributed by atoms with Crippen LogP contribution in [0, 0.1) is 0 Å². The van der Waals surface area contributed by atoms with E-state index < -0.39 is 15.9 Å². The van der Waals surface area contributed by atoms with E-state index in [2.05, 4.69) is 0 Å². The van der Waals surface area contributed by atoms with Crippen LogP contribution in [0.25, 0.3) is 0 Å². The molecule has 6 heteroatoms. The maximum absolute atomic E-state index is 11.9. The van der Waals surface area contributed by atoms with E-state index in [0.29, 0.717) is 5.69 Å². The predicted octanol–water partition coefficient (Wildman–Crippen LogP) is 1.39. The molecule has 0 heterocycles. The van der Waals surface area contributed by atoms with Crippen LogP contribution in [0.15, 0.2) is 59.5 Å². The molecule has 0 saturated carbocycles. The Balaban J connectivity index is 2.22. The second-order valence-electron chi connectivity index (χ2n) is 3.87. The van der Waals surface area contributed by atoms with Crippen molar-refractivity contribution in [2.24, 2.45) is 0 Å². The first-order chi connectivity index (χ1) is 8.99. The minimum absolute atomic E-state index is 0.0406. The summed E-state index contributed by atoms with van der Waals surface area (Å²) in [4.78, 5) is 11.9. The maximum Gasteiger partial charge on any atom is 0.264 e.